The van der Waals surface area contributed by atoms with Crippen molar-refractivity contribution in [1.29, 1.82) is 0 Å². The van der Waals surface area contributed by atoms with Crippen LogP contribution >= 0.6 is 0 Å². The van der Waals surface area contributed by atoms with Crippen molar-refractivity contribution in [3.8, 4) is 0 Å². The zero-order valence-electron chi connectivity index (χ0n) is 19.8. The van der Waals surface area contributed by atoms with Crippen LogP contribution < -0.4 is 37.1 Å². The van der Waals surface area contributed by atoms with Gasteiger partial charge in [-0.15, -0.1) is 0 Å². The molecule has 1 aliphatic heterocycles. The summed E-state index contributed by atoms with van der Waals surface area (Å²) in [5, 5.41) is 11.6. The molecule has 0 bridgehead atoms. The average Bonchev–Trinajstić information content (AvgIpc) is 2.90. The van der Waals surface area contributed by atoms with Gasteiger partial charge in [0.05, 0.1) is 0 Å². The van der Waals surface area contributed by atoms with Crippen LogP contribution in [0.3, 0.4) is 0 Å². The molecule has 168 valence electrons. The SMILES string of the molecule is Cc1cc(Nc2ccccc2)cc2c1Bc1cc([SiH](c3ccccc3)c3ccccc3)ccc1N2. The number of hydrogen-bond donors (Lipinski definition) is 2. The third kappa shape index (κ3) is 4.41. The summed E-state index contributed by atoms with van der Waals surface area (Å²) in [6, 6.07) is 44.0. The Bertz CT molecular complexity index is 1430. The highest BCUT2D eigenvalue weighted by atomic mass is 28.3. The standard InChI is InChI=1S/C31H27BN2Si/c1-22-19-24(33-23-11-5-2-6-12-23)20-30-31(22)32-28-21-27(17-18-29(28)34-30)35(25-13-7-3-8-14-25)26-15-9-4-10-16-26/h2-21,32-35H,1H3. The maximum absolute atomic E-state index is 3.73. The summed E-state index contributed by atoms with van der Waals surface area (Å²) in [5.41, 5.74) is 8.70. The average molecular weight is 466 g/mol. The normalized spacial score (nSPS) is 11.7. The van der Waals surface area contributed by atoms with E-state index in [4.69, 9.17) is 0 Å². The first-order chi connectivity index (χ1) is 17.2. The van der Waals surface area contributed by atoms with Gasteiger partial charge < -0.3 is 10.6 Å². The molecule has 5 aromatic rings. The minimum atomic E-state index is -1.54. The molecule has 35 heavy (non-hydrogen) atoms. The number of para-hydroxylation sites is 1. The fraction of sp³-hybridized carbons (Fsp3) is 0.0323. The Morgan fingerprint density at radius 2 is 1.23 bits per heavy atom. The van der Waals surface area contributed by atoms with E-state index in [1.807, 2.05) is 6.07 Å². The second kappa shape index (κ2) is 9.32. The molecule has 0 atom stereocenters. The van der Waals surface area contributed by atoms with E-state index < -0.39 is 8.80 Å². The zero-order chi connectivity index (χ0) is 23.6. The predicted molar refractivity (Wildman–Crippen MR) is 156 cm³/mol. The summed E-state index contributed by atoms with van der Waals surface area (Å²) in [6.45, 7) is 2.22. The minimum absolute atomic E-state index is 0.952. The summed E-state index contributed by atoms with van der Waals surface area (Å²) in [5.74, 6) is 0. The molecule has 0 saturated heterocycles. The van der Waals surface area contributed by atoms with Gasteiger partial charge in [-0.25, -0.2) is 0 Å². The van der Waals surface area contributed by atoms with Gasteiger partial charge in [0.25, 0.3) is 0 Å². The van der Waals surface area contributed by atoms with Crippen LogP contribution in [0, 0.1) is 6.92 Å². The van der Waals surface area contributed by atoms with E-state index >= 15 is 0 Å². The molecule has 0 fully saturated rings. The maximum atomic E-state index is 3.73. The van der Waals surface area contributed by atoms with Crippen LogP contribution in [0.15, 0.2) is 121 Å². The highest BCUT2D eigenvalue weighted by Gasteiger charge is 2.23. The Hall–Kier alpha value is -4.02. The monoisotopic (exact) mass is 466 g/mol. The lowest BCUT2D eigenvalue weighted by Gasteiger charge is -2.26. The van der Waals surface area contributed by atoms with Crippen molar-refractivity contribution in [1.82, 2.24) is 0 Å². The van der Waals surface area contributed by atoms with Crippen molar-refractivity contribution in [3.63, 3.8) is 0 Å². The molecule has 0 spiro atoms. The van der Waals surface area contributed by atoms with Gasteiger partial charge >= 0.3 is 0 Å². The van der Waals surface area contributed by atoms with Crippen LogP contribution in [0.1, 0.15) is 5.56 Å². The zero-order valence-corrected chi connectivity index (χ0v) is 21.0. The van der Waals surface area contributed by atoms with E-state index in [9.17, 15) is 0 Å². The number of benzene rings is 5. The van der Waals surface area contributed by atoms with Crippen molar-refractivity contribution in [2.75, 3.05) is 10.6 Å². The van der Waals surface area contributed by atoms with Crippen molar-refractivity contribution in [2.24, 2.45) is 0 Å². The van der Waals surface area contributed by atoms with Crippen LogP contribution in [-0.4, -0.2) is 16.1 Å². The Kier molecular flexibility index (Phi) is 5.73. The number of anilines is 4. The van der Waals surface area contributed by atoms with E-state index in [0.717, 1.165) is 18.7 Å². The fourth-order valence-electron chi connectivity index (χ4n) is 5.19. The van der Waals surface area contributed by atoms with E-state index in [2.05, 4.69) is 133 Å². The Labute approximate surface area is 209 Å². The number of rotatable bonds is 5. The number of aryl methyl sites for hydroxylation is 1. The van der Waals surface area contributed by atoms with Gasteiger partial charge in [-0.05, 0) is 37.3 Å². The molecule has 0 amide bonds. The topological polar surface area (TPSA) is 24.1 Å². The Morgan fingerprint density at radius 1 is 0.600 bits per heavy atom. The van der Waals surface area contributed by atoms with Crippen molar-refractivity contribution in [3.05, 3.63) is 127 Å². The summed E-state index contributed by atoms with van der Waals surface area (Å²) in [7, 11) is -0.591. The van der Waals surface area contributed by atoms with Crippen LogP contribution in [0.2, 0.25) is 0 Å². The Balaban J connectivity index is 1.35. The fourth-order valence-corrected chi connectivity index (χ4v) is 8.21. The van der Waals surface area contributed by atoms with E-state index in [1.165, 1.54) is 43.4 Å². The largest absolute Gasteiger partial charge is 0.356 e. The molecule has 6 rings (SSSR count). The molecule has 0 unspecified atom stereocenters. The molecule has 2 nitrogen and oxygen atoms in total. The van der Waals surface area contributed by atoms with E-state index in [-0.39, 0.29) is 0 Å². The highest BCUT2D eigenvalue weighted by molar-refractivity contribution is 6.95. The van der Waals surface area contributed by atoms with Crippen molar-refractivity contribution < 1.29 is 0 Å². The van der Waals surface area contributed by atoms with Crippen molar-refractivity contribution >= 4 is 65.3 Å². The molecule has 0 aliphatic carbocycles. The molecule has 2 N–H and O–H groups in total. The molecule has 0 aromatic heterocycles. The molecule has 0 saturated carbocycles. The lowest BCUT2D eigenvalue weighted by Crippen LogP contribution is -2.53. The first-order valence-corrected chi connectivity index (χ1v) is 13.9. The second-order valence-electron chi connectivity index (χ2n) is 9.28. The summed E-state index contributed by atoms with van der Waals surface area (Å²) in [6.07, 6.45) is 0. The maximum Gasteiger partial charge on any atom is 0.198 e. The molecular weight excluding hydrogens is 439 g/mol. The minimum Gasteiger partial charge on any atom is -0.356 e. The molecule has 1 heterocycles. The molecule has 4 heteroatoms. The van der Waals surface area contributed by atoms with Gasteiger partial charge in [-0.3, -0.25) is 0 Å². The first kappa shape index (κ1) is 21.5. The number of fused-ring (bicyclic) bond motifs is 2. The van der Waals surface area contributed by atoms with Crippen molar-refractivity contribution in [2.45, 2.75) is 6.92 Å². The quantitative estimate of drug-likeness (QED) is 0.301. The molecule has 0 radical (unpaired) electrons. The summed E-state index contributed by atoms with van der Waals surface area (Å²) >= 11 is 0. The highest BCUT2D eigenvalue weighted by Crippen LogP contribution is 2.25. The summed E-state index contributed by atoms with van der Waals surface area (Å²) < 4.78 is 0. The Morgan fingerprint density at radius 3 is 1.89 bits per heavy atom. The van der Waals surface area contributed by atoms with Gasteiger partial charge in [0.15, 0.2) is 7.28 Å². The molecule has 5 aromatic carbocycles. The van der Waals surface area contributed by atoms with Gasteiger partial charge in [0.1, 0.15) is 8.80 Å². The second-order valence-corrected chi connectivity index (χ2v) is 12.1. The molecular formula is C31H27BN2Si. The summed E-state index contributed by atoms with van der Waals surface area (Å²) in [4.78, 5) is 0. The van der Waals surface area contributed by atoms with Crippen LogP contribution in [0.25, 0.3) is 0 Å². The van der Waals surface area contributed by atoms with Crippen LogP contribution in [-0.2, 0) is 0 Å². The molecule has 1 aliphatic rings. The lowest BCUT2D eigenvalue weighted by molar-refractivity contribution is 1.46. The first-order valence-electron chi connectivity index (χ1n) is 12.2. The third-order valence-electron chi connectivity index (χ3n) is 6.90. The van der Waals surface area contributed by atoms with Gasteiger partial charge in [0.2, 0.25) is 0 Å². The number of nitrogens with one attached hydrogen (secondary N) is 2. The number of hydrogen-bond acceptors (Lipinski definition) is 2. The predicted octanol–water partition coefficient (Wildman–Crippen LogP) is 3.43. The van der Waals surface area contributed by atoms with E-state index in [1.54, 1.807) is 0 Å². The van der Waals surface area contributed by atoms with Crippen LogP contribution in [0.5, 0.6) is 0 Å². The van der Waals surface area contributed by atoms with E-state index in [0.29, 0.717) is 0 Å². The third-order valence-corrected chi connectivity index (χ3v) is 10.0. The van der Waals surface area contributed by atoms with Gasteiger partial charge in [-0.2, -0.15) is 0 Å². The lowest BCUT2D eigenvalue weighted by atomic mass is 9.59. The van der Waals surface area contributed by atoms with Gasteiger partial charge in [-0.1, -0.05) is 123 Å². The van der Waals surface area contributed by atoms with Gasteiger partial charge in [0, 0.05) is 22.7 Å². The smallest absolute Gasteiger partial charge is 0.198 e. The van der Waals surface area contributed by atoms with Crippen LogP contribution in [0.4, 0.5) is 22.7 Å².